The lowest BCUT2D eigenvalue weighted by atomic mass is 10.0. The third kappa shape index (κ3) is 3.40. The van der Waals surface area contributed by atoms with Crippen LogP contribution >= 0.6 is 0 Å². The molecule has 2 aromatic carbocycles. The summed E-state index contributed by atoms with van der Waals surface area (Å²) in [5.41, 5.74) is 2.12. The van der Waals surface area contributed by atoms with Crippen molar-refractivity contribution in [1.29, 1.82) is 0 Å². The molecule has 0 radical (unpaired) electrons. The molecule has 0 saturated heterocycles. The number of hydrogen-bond donors (Lipinski definition) is 0. The predicted octanol–water partition coefficient (Wildman–Crippen LogP) is 3.69. The smallest absolute Gasteiger partial charge is 0.346 e. The number of fused-ring (bicyclic) bond motifs is 2. The van der Waals surface area contributed by atoms with Crippen LogP contribution in [0.1, 0.15) is 19.4 Å². The van der Waals surface area contributed by atoms with E-state index in [9.17, 15) is 9.59 Å². The maximum absolute atomic E-state index is 13.1. The summed E-state index contributed by atoms with van der Waals surface area (Å²) in [7, 11) is 1.31. The molecule has 3 aromatic rings. The summed E-state index contributed by atoms with van der Waals surface area (Å²) in [5.74, 6) is 1.24. The fourth-order valence-electron chi connectivity index (χ4n) is 3.26. The number of benzene rings is 2. The largest absolute Gasteiger partial charge is 0.479 e. The van der Waals surface area contributed by atoms with E-state index in [2.05, 4.69) is 0 Å². The highest BCUT2D eigenvalue weighted by Gasteiger charge is 2.20. The highest BCUT2D eigenvalue weighted by atomic mass is 16.7. The SMILES string of the molecule is CCc1cc2c(=O)c(-c3ccc4c(c3)OCO4)coc2cc1O[C@H](C)C(=O)OC. The minimum absolute atomic E-state index is 0.160. The van der Waals surface area contributed by atoms with Gasteiger partial charge in [0, 0.05) is 6.07 Å². The molecule has 7 heteroatoms. The molecule has 0 spiro atoms. The number of hydrogen-bond acceptors (Lipinski definition) is 7. The highest BCUT2D eigenvalue weighted by Crippen LogP contribution is 2.36. The van der Waals surface area contributed by atoms with E-state index in [0.29, 0.717) is 45.8 Å². The van der Waals surface area contributed by atoms with Crippen LogP contribution in [0.4, 0.5) is 0 Å². The molecule has 0 fully saturated rings. The Bertz CT molecular complexity index is 1150. The van der Waals surface area contributed by atoms with Gasteiger partial charge in [0.1, 0.15) is 17.6 Å². The Kier molecular flexibility index (Phi) is 4.88. The van der Waals surface area contributed by atoms with Crippen molar-refractivity contribution in [2.24, 2.45) is 0 Å². The van der Waals surface area contributed by atoms with Crippen molar-refractivity contribution < 1.29 is 28.2 Å². The summed E-state index contributed by atoms with van der Waals surface area (Å²) in [5, 5.41) is 0.440. The average molecular weight is 396 g/mol. The molecule has 0 unspecified atom stereocenters. The van der Waals surface area contributed by atoms with Gasteiger partial charge in [0.15, 0.2) is 17.6 Å². The zero-order chi connectivity index (χ0) is 20.5. The van der Waals surface area contributed by atoms with E-state index in [1.54, 1.807) is 37.3 Å². The van der Waals surface area contributed by atoms with Crippen LogP contribution < -0.4 is 19.6 Å². The molecule has 4 rings (SSSR count). The van der Waals surface area contributed by atoms with E-state index in [0.717, 1.165) is 5.56 Å². The minimum Gasteiger partial charge on any atom is -0.479 e. The molecule has 0 saturated carbocycles. The molecule has 1 aromatic heterocycles. The molecule has 1 aliphatic rings. The lowest BCUT2D eigenvalue weighted by Gasteiger charge is -2.16. The Hall–Kier alpha value is -3.48. The number of aryl methyl sites for hydroxylation is 1. The Morgan fingerprint density at radius 1 is 1.17 bits per heavy atom. The molecule has 0 bridgehead atoms. The van der Waals surface area contributed by atoms with Gasteiger partial charge >= 0.3 is 5.97 Å². The van der Waals surface area contributed by atoms with E-state index >= 15 is 0 Å². The number of ether oxygens (including phenoxy) is 4. The van der Waals surface area contributed by atoms with Gasteiger partial charge in [-0.15, -0.1) is 0 Å². The standard InChI is InChI=1S/C22H20O7/c1-4-13-7-15-19(9-18(13)29-12(2)22(24)25-3)26-10-16(21(15)23)14-5-6-17-20(8-14)28-11-27-17/h5-10,12H,4,11H2,1-3H3/t12-/m1/s1. The van der Waals surface area contributed by atoms with Gasteiger partial charge in [-0.2, -0.15) is 0 Å². The Labute approximate surface area is 166 Å². The second-order valence-corrected chi connectivity index (χ2v) is 6.64. The fraction of sp³-hybridized carbons (Fsp3) is 0.273. The molecule has 0 aliphatic carbocycles. The van der Waals surface area contributed by atoms with Gasteiger partial charge in [-0.1, -0.05) is 13.0 Å². The number of carbonyl (C=O) groups is 1. The van der Waals surface area contributed by atoms with Gasteiger partial charge in [-0.05, 0) is 42.7 Å². The van der Waals surface area contributed by atoms with Gasteiger partial charge in [-0.25, -0.2) is 4.79 Å². The first kappa shape index (κ1) is 18.9. The van der Waals surface area contributed by atoms with E-state index in [1.807, 2.05) is 6.92 Å². The molecule has 29 heavy (non-hydrogen) atoms. The van der Waals surface area contributed by atoms with Crippen LogP contribution in [0.5, 0.6) is 17.2 Å². The van der Waals surface area contributed by atoms with Gasteiger partial charge in [0.05, 0.1) is 18.1 Å². The number of carbonyl (C=O) groups excluding carboxylic acids is 1. The zero-order valence-electron chi connectivity index (χ0n) is 16.3. The lowest BCUT2D eigenvalue weighted by Crippen LogP contribution is -2.25. The maximum Gasteiger partial charge on any atom is 0.346 e. The molecule has 1 atom stereocenters. The van der Waals surface area contributed by atoms with E-state index in [1.165, 1.54) is 13.4 Å². The first-order chi connectivity index (χ1) is 14.0. The van der Waals surface area contributed by atoms with Gasteiger partial charge < -0.3 is 23.4 Å². The number of methoxy groups -OCH3 is 1. The molecular weight excluding hydrogens is 376 g/mol. The van der Waals surface area contributed by atoms with E-state index < -0.39 is 12.1 Å². The predicted molar refractivity (Wildman–Crippen MR) is 106 cm³/mol. The number of esters is 1. The molecule has 0 N–H and O–H groups in total. The minimum atomic E-state index is -0.776. The summed E-state index contributed by atoms with van der Waals surface area (Å²) in [6.07, 6.45) is 1.26. The maximum atomic E-state index is 13.1. The number of rotatable bonds is 5. The third-order valence-electron chi connectivity index (χ3n) is 4.86. The first-order valence-electron chi connectivity index (χ1n) is 9.24. The van der Waals surface area contributed by atoms with Crippen LogP contribution in [0.3, 0.4) is 0 Å². The topological polar surface area (TPSA) is 84.2 Å². The molecular formula is C22H20O7. The highest BCUT2D eigenvalue weighted by molar-refractivity contribution is 5.84. The second-order valence-electron chi connectivity index (χ2n) is 6.64. The normalized spacial score (nSPS) is 13.3. The van der Waals surface area contributed by atoms with E-state index in [-0.39, 0.29) is 12.2 Å². The van der Waals surface area contributed by atoms with Crippen molar-refractivity contribution in [3.8, 4) is 28.4 Å². The Morgan fingerprint density at radius 2 is 1.97 bits per heavy atom. The van der Waals surface area contributed by atoms with Crippen LogP contribution in [0.2, 0.25) is 0 Å². The van der Waals surface area contributed by atoms with E-state index in [4.69, 9.17) is 23.4 Å². The van der Waals surface area contributed by atoms with Crippen LogP contribution in [0, 0.1) is 0 Å². The first-order valence-corrected chi connectivity index (χ1v) is 9.24. The lowest BCUT2D eigenvalue weighted by molar-refractivity contribution is -0.147. The summed E-state index contributed by atoms with van der Waals surface area (Å²) < 4.78 is 26.9. The van der Waals surface area contributed by atoms with Gasteiger partial charge in [0.25, 0.3) is 0 Å². The Morgan fingerprint density at radius 3 is 2.72 bits per heavy atom. The molecule has 2 heterocycles. The molecule has 150 valence electrons. The van der Waals surface area contributed by atoms with Crippen molar-refractivity contribution in [3.05, 3.63) is 52.4 Å². The fourth-order valence-corrected chi connectivity index (χ4v) is 3.26. The van der Waals surface area contributed by atoms with Crippen LogP contribution in [-0.4, -0.2) is 26.0 Å². The Balaban J connectivity index is 1.78. The monoisotopic (exact) mass is 396 g/mol. The molecule has 7 nitrogen and oxygen atoms in total. The summed E-state index contributed by atoms with van der Waals surface area (Å²) in [4.78, 5) is 24.8. The van der Waals surface area contributed by atoms with Crippen molar-refractivity contribution in [3.63, 3.8) is 0 Å². The van der Waals surface area contributed by atoms with Crippen LogP contribution in [-0.2, 0) is 16.0 Å². The van der Waals surface area contributed by atoms with Crippen molar-refractivity contribution in [1.82, 2.24) is 0 Å². The summed E-state index contributed by atoms with van der Waals surface area (Å²) in [6.45, 7) is 3.71. The van der Waals surface area contributed by atoms with Crippen LogP contribution in [0.25, 0.3) is 22.1 Å². The molecule has 0 amide bonds. The second kappa shape index (κ2) is 7.50. The molecule has 1 aliphatic heterocycles. The van der Waals surface area contributed by atoms with Crippen molar-refractivity contribution in [2.45, 2.75) is 26.4 Å². The summed E-state index contributed by atoms with van der Waals surface area (Å²) >= 11 is 0. The van der Waals surface area contributed by atoms with Gasteiger partial charge in [-0.3, -0.25) is 4.79 Å². The quantitative estimate of drug-likeness (QED) is 0.608. The zero-order valence-corrected chi connectivity index (χ0v) is 16.3. The summed E-state index contributed by atoms with van der Waals surface area (Å²) in [6, 6.07) is 8.71. The van der Waals surface area contributed by atoms with Crippen LogP contribution in [0.15, 0.2) is 45.8 Å². The average Bonchev–Trinajstić information content (AvgIpc) is 3.21. The van der Waals surface area contributed by atoms with Gasteiger partial charge in [0.2, 0.25) is 12.2 Å². The van der Waals surface area contributed by atoms with Crippen molar-refractivity contribution >= 4 is 16.9 Å². The van der Waals surface area contributed by atoms with Crippen molar-refractivity contribution in [2.75, 3.05) is 13.9 Å². The third-order valence-corrected chi connectivity index (χ3v) is 4.86.